The van der Waals surface area contributed by atoms with Gasteiger partial charge in [-0.15, -0.1) is 0 Å². The molecule has 0 radical (unpaired) electrons. The summed E-state index contributed by atoms with van der Waals surface area (Å²) in [7, 11) is 0. The molecule has 1 N–H and O–H groups in total. The average molecular weight is 631 g/mol. The molecule has 4 aromatic carbocycles. The molecule has 0 spiro atoms. The molecule has 1 aliphatic heterocycles. The van der Waals surface area contributed by atoms with Crippen molar-refractivity contribution in [2.45, 2.75) is 18.0 Å². The van der Waals surface area contributed by atoms with Crippen molar-refractivity contribution in [3.8, 4) is 0 Å². The largest absolute Gasteiger partial charge is 0.452 e. The minimum Gasteiger partial charge on any atom is -0.452 e. The lowest BCUT2D eigenvalue weighted by atomic mass is 9.55. The third-order valence-electron chi connectivity index (χ3n) is 8.72. The summed E-state index contributed by atoms with van der Waals surface area (Å²) in [6.45, 7) is -0.859. The molecule has 8 rings (SSSR count). The number of imide groups is 1. The first-order valence-corrected chi connectivity index (χ1v) is 14.4. The van der Waals surface area contributed by atoms with Crippen molar-refractivity contribution >= 4 is 46.7 Å². The van der Waals surface area contributed by atoms with Crippen LogP contribution in [0.5, 0.6) is 0 Å². The number of rotatable bonds is 5. The molecular weight excluding hydrogens is 609 g/mol. The number of nitrogens with one attached hydrogen (secondary N) is 1. The summed E-state index contributed by atoms with van der Waals surface area (Å²) in [6.07, 6.45) is -4.66. The Labute approximate surface area is 259 Å². The van der Waals surface area contributed by atoms with Crippen LogP contribution in [0, 0.1) is 11.8 Å². The standard InChI is InChI=1S/C34H22ClF3N2O5/c35-23-14-13-17(34(36,37)38)15-24(23)39-26(41)16-45-33(44)22-11-5-6-12-25(22)40-31(42)29-27-18-7-1-2-8-19(18)28(30(29)32(40)43)21-10-4-3-9-20(21)27/h1-15,27-30H,16H2,(H,39,41)/t27?,28?,29-,30-/m0/s1. The van der Waals surface area contributed by atoms with Crippen LogP contribution < -0.4 is 10.2 Å². The van der Waals surface area contributed by atoms with Crippen LogP contribution in [0.2, 0.25) is 5.02 Å². The average Bonchev–Trinajstić information content (AvgIpc) is 3.30. The predicted molar refractivity (Wildman–Crippen MR) is 158 cm³/mol. The fraction of sp³-hybridized carbons (Fsp3) is 0.176. The molecule has 2 bridgehead atoms. The van der Waals surface area contributed by atoms with Crippen LogP contribution in [-0.2, 0) is 25.3 Å². The quantitative estimate of drug-likeness (QED) is 0.199. The number of benzene rings is 4. The van der Waals surface area contributed by atoms with Crippen LogP contribution in [0.4, 0.5) is 24.5 Å². The first-order valence-electron chi connectivity index (χ1n) is 14.0. The molecule has 3 aliphatic carbocycles. The number of carbonyl (C=O) groups is 4. The summed E-state index contributed by atoms with van der Waals surface area (Å²) in [5, 5.41) is 2.07. The molecule has 226 valence electrons. The molecule has 45 heavy (non-hydrogen) atoms. The Bertz CT molecular complexity index is 1810. The minimum atomic E-state index is -4.66. The first-order chi connectivity index (χ1) is 21.6. The number of halogens is 4. The number of nitrogens with zero attached hydrogens (tertiary/aromatic N) is 1. The lowest BCUT2D eigenvalue weighted by Gasteiger charge is -2.45. The van der Waals surface area contributed by atoms with Crippen molar-refractivity contribution < 1.29 is 37.1 Å². The van der Waals surface area contributed by atoms with Gasteiger partial charge in [-0.3, -0.25) is 14.4 Å². The van der Waals surface area contributed by atoms with E-state index in [1.165, 1.54) is 18.2 Å². The second kappa shape index (κ2) is 10.6. The van der Waals surface area contributed by atoms with Gasteiger partial charge >= 0.3 is 12.1 Å². The van der Waals surface area contributed by atoms with E-state index in [9.17, 15) is 32.3 Å². The molecule has 1 fully saturated rings. The summed E-state index contributed by atoms with van der Waals surface area (Å²) in [4.78, 5) is 55.1. The predicted octanol–water partition coefficient (Wildman–Crippen LogP) is 6.55. The van der Waals surface area contributed by atoms with E-state index in [-0.39, 0.29) is 33.8 Å². The number of para-hydroxylation sites is 1. The van der Waals surface area contributed by atoms with Gasteiger partial charge in [0.15, 0.2) is 6.61 Å². The molecule has 1 saturated heterocycles. The molecule has 11 heteroatoms. The highest BCUT2D eigenvalue weighted by atomic mass is 35.5. The number of alkyl halides is 3. The molecule has 0 aromatic heterocycles. The van der Waals surface area contributed by atoms with Gasteiger partial charge in [0.1, 0.15) is 0 Å². The summed E-state index contributed by atoms with van der Waals surface area (Å²) < 4.78 is 44.5. The summed E-state index contributed by atoms with van der Waals surface area (Å²) >= 11 is 5.95. The van der Waals surface area contributed by atoms with Crippen LogP contribution in [0.1, 0.15) is 50.0 Å². The first kappa shape index (κ1) is 28.8. The molecule has 0 saturated carbocycles. The highest BCUT2D eigenvalue weighted by molar-refractivity contribution is 6.33. The molecule has 4 aromatic rings. The Kier molecular flexibility index (Phi) is 6.77. The number of carbonyl (C=O) groups excluding carboxylic acids is 4. The Hall–Kier alpha value is -4.96. The molecule has 4 aliphatic rings. The number of ether oxygens (including phenoxy) is 1. The van der Waals surface area contributed by atoms with Crippen molar-refractivity contribution in [2.24, 2.45) is 11.8 Å². The summed E-state index contributed by atoms with van der Waals surface area (Å²) in [5.74, 6) is -4.80. The zero-order valence-corrected chi connectivity index (χ0v) is 23.9. The summed E-state index contributed by atoms with van der Waals surface area (Å²) in [6, 6.07) is 24.0. The van der Waals surface area contributed by atoms with Gasteiger partial charge in [-0.05, 0) is 52.6 Å². The Morgan fingerprint density at radius 3 is 1.82 bits per heavy atom. The van der Waals surface area contributed by atoms with Gasteiger partial charge in [0.2, 0.25) is 11.8 Å². The van der Waals surface area contributed by atoms with Crippen molar-refractivity contribution in [1.82, 2.24) is 0 Å². The fourth-order valence-electron chi connectivity index (χ4n) is 6.95. The molecule has 0 unspecified atom stereocenters. The molecule has 3 amide bonds. The second-order valence-electron chi connectivity index (χ2n) is 11.1. The van der Waals surface area contributed by atoms with Gasteiger partial charge in [-0.2, -0.15) is 13.2 Å². The number of amides is 3. The van der Waals surface area contributed by atoms with Crippen LogP contribution in [0.3, 0.4) is 0 Å². The highest BCUT2D eigenvalue weighted by Crippen LogP contribution is 2.61. The van der Waals surface area contributed by atoms with E-state index < -0.39 is 53.9 Å². The van der Waals surface area contributed by atoms with Gasteiger partial charge in [0.05, 0.1) is 39.4 Å². The number of anilines is 2. The lowest BCUT2D eigenvalue weighted by Crippen LogP contribution is -2.41. The third-order valence-corrected chi connectivity index (χ3v) is 9.05. The number of hydrogen-bond acceptors (Lipinski definition) is 5. The molecule has 2 atom stereocenters. The van der Waals surface area contributed by atoms with Crippen molar-refractivity contribution in [2.75, 3.05) is 16.8 Å². The maximum Gasteiger partial charge on any atom is 0.416 e. The van der Waals surface area contributed by atoms with Crippen molar-refractivity contribution in [3.63, 3.8) is 0 Å². The van der Waals surface area contributed by atoms with E-state index in [4.69, 9.17) is 16.3 Å². The van der Waals surface area contributed by atoms with Crippen LogP contribution >= 0.6 is 11.6 Å². The normalized spacial score (nSPS) is 21.2. The SMILES string of the molecule is O=C(COC(=O)c1ccccc1N1C(=O)[C@H]2C3c4ccccc4C(c4ccccc43)[C@@H]2C1=O)Nc1cc(C(F)(F)F)ccc1Cl. The monoisotopic (exact) mass is 630 g/mol. The highest BCUT2D eigenvalue weighted by Gasteiger charge is 2.62. The Balaban J connectivity index is 1.14. The van der Waals surface area contributed by atoms with E-state index in [1.807, 2.05) is 48.5 Å². The van der Waals surface area contributed by atoms with E-state index in [0.717, 1.165) is 39.3 Å². The van der Waals surface area contributed by atoms with Crippen molar-refractivity contribution in [1.29, 1.82) is 0 Å². The van der Waals surface area contributed by atoms with Crippen LogP contribution in [0.15, 0.2) is 91.0 Å². The number of hydrogen-bond donors (Lipinski definition) is 1. The van der Waals surface area contributed by atoms with Gasteiger partial charge in [0, 0.05) is 11.8 Å². The van der Waals surface area contributed by atoms with E-state index in [1.54, 1.807) is 6.07 Å². The minimum absolute atomic E-state index is 0.0285. The Morgan fingerprint density at radius 1 is 0.778 bits per heavy atom. The third kappa shape index (κ3) is 4.59. The molecule has 1 heterocycles. The van der Waals surface area contributed by atoms with Crippen LogP contribution in [0.25, 0.3) is 0 Å². The zero-order valence-electron chi connectivity index (χ0n) is 23.2. The number of esters is 1. The summed E-state index contributed by atoms with van der Waals surface area (Å²) in [5.41, 5.74) is 2.60. The van der Waals surface area contributed by atoms with E-state index in [2.05, 4.69) is 5.32 Å². The Morgan fingerprint density at radius 2 is 1.29 bits per heavy atom. The maximum absolute atomic E-state index is 14.1. The topological polar surface area (TPSA) is 92.8 Å². The zero-order chi connectivity index (χ0) is 31.6. The van der Waals surface area contributed by atoms with Gasteiger partial charge in [-0.25, -0.2) is 9.69 Å². The van der Waals surface area contributed by atoms with Gasteiger partial charge < -0.3 is 10.1 Å². The van der Waals surface area contributed by atoms with Crippen molar-refractivity contribution in [3.05, 3.63) is 129 Å². The van der Waals surface area contributed by atoms with Gasteiger partial charge in [0.25, 0.3) is 5.91 Å². The molecule has 7 nitrogen and oxygen atoms in total. The smallest absolute Gasteiger partial charge is 0.416 e. The fourth-order valence-corrected chi connectivity index (χ4v) is 7.11. The van der Waals surface area contributed by atoms with E-state index in [0.29, 0.717) is 6.07 Å². The van der Waals surface area contributed by atoms with E-state index >= 15 is 0 Å². The lowest BCUT2D eigenvalue weighted by molar-refractivity contribution is -0.137. The van der Waals surface area contributed by atoms with Gasteiger partial charge in [-0.1, -0.05) is 72.3 Å². The molecular formula is C34H22ClF3N2O5. The second-order valence-corrected chi connectivity index (χ2v) is 11.5. The maximum atomic E-state index is 14.1. The van der Waals surface area contributed by atoms with Crippen LogP contribution in [-0.4, -0.2) is 30.3 Å².